The van der Waals surface area contributed by atoms with Gasteiger partial charge in [0.1, 0.15) is 0 Å². The molecule has 4 aliphatic carbocycles. The van der Waals surface area contributed by atoms with Crippen molar-refractivity contribution < 1.29 is 5.11 Å². The Morgan fingerprint density at radius 2 is 1.83 bits per heavy atom. The largest absolute Gasteiger partial charge is 0.396 e. The van der Waals surface area contributed by atoms with Crippen LogP contribution in [0.4, 0.5) is 0 Å². The van der Waals surface area contributed by atoms with Gasteiger partial charge in [0.25, 0.3) is 0 Å². The standard InChI is InChI=1S/C29H48O/c1-20(2)22(16-19-30)10-9-21(3)25-13-14-26-24-12-11-23-8-6-7-17-28(23,4)27(24)15-18-29(25,26)5/h9-10,14,20-25,27,30H,6-8,11-13,15-19H2,1-5H3/t21-,22+,23?,24+,25-,27+,28+,29-/m1/s1. The molecule has 1 N–H and O–H groups in total. The molecule has 0 heterocycles. The second-order valence-corrected chi connectivity index (χ2v) is 12.4. The van der Waals surface area contributed by atoms with E-state index in [1.165, 1.54) is 57.8 Å². The van der Waals surface area contributed by atoms with Crippen LogP contribution >= 0.6 is 0 Å². The van der Waals surface area contributed by atoms with Gasteiger partial charge in [0.05, 0.1) is 0 Å². The van der Waals surface area contributed by atoms with E-state index in [-0.39, 0.29) is 0 Å². The molecule has 0 bridgehead atoms. The molecule has 0 aliphatic heterocycles. The van der Waals surface area contributed by atoms with Gasteiger partial charge < -0.3 is 5.11 Å². The third-order valence-corrected chi connectivity index (χ3v) is 10.7. The first-order valence-electron chi connectivity index (χ1n) is 13.3. The minimum absolute atomic E-state index is 0.303. The monoisotopic (exact) mass is 412 g/mol. The van der Waals surface area contributed by atoms with Crippen LogP contribution in [0.1, 0.15) is 98.8 Å². The molecule has 0 saturated heterocycles. The number of hydrogen-bond acceptors (Lipinski definition) is 1. The smallest absolute Gasteiger partial charge is 0.0436 e. The maximum Gasteiger partial charge on any atom is 0.0436 e. The highest BCUT2D eigenvalue weighted by Gasteiger charge is 2.57. The van der Waals surface area contributed by atoms with Gasteiger partial charge >= 0.3 is 0 Å². The van der Waals surface area contributed by atoms with Crippen LogP contribution in [0.2, 0.25) is 0 Å². The molecule has 3 fully saturated rings. The Hall–Kier alpha value is -0.560. The molecule has 8 atom stereocenters. The molecule has 0 amide bonds. The van der Waals surface area contributed by atoms with Crippen LogP contribution in [0, 0.1) is 52.3 Å². The predicted octanol–water partition coefficient (Wildman–Crippen LogP) is 7.80. The third kappa shape index (κ3) is 3.76. The molecule has 3 saturated carbocycles. The summed E-state index contributed by atoms with van der Waals surface area (Å²) in [6.07, 6.45) is 21.6. The van der Waals surface area contributed by atoms with Gasteiger partial charge in [0.15, 0.2) is 0 Å². The highest BCUT2D eigenvalue weighted by atomic mass is 16.3. The van der Waals surface area contributed by atoms with Crippen LogP contribution in [0.5, 0.6) is 0 Å². The van der Waals surface area contributed by atoms with Gasteiger partial charge in [-0.15, -0.1) is 0 Å². The van der Waals surface area contributed by atoms with Crippen molar-refractivity contribution in [2.24, 2.45) is 52.3 Å². The van der Waals surface area contributed by atoms with Crippen molar-refractivity contribution >= 4 is 0 Å². The van der Waals surface area contributed by atoms with Gasteiger partial charge in [-0.2, -0.15) is 0 Å². The number of aliphatic hydroxyl groups excluding tert-OH is 1. The van der Waals surface area contributed by atoms with Gasteiger partial charge in [-0.05, 0) is 104 Å². The highest BCUT2D eigenvalue weighted by Crippen LogP contribution is 2.66. The van der Waals surface area contributed by atoms with Crippen LogP contribution in [0.25, 0.3) is 0 Å². The lowest BCUT2D eigenvalue weighted by atomic mass is 9.46. The van der Waals surface area contributed by atoms with E-state index in [0.717, 1.165) is 30.1 Å². The van der Waals surface area contributed by atoms with Crippen molar-refractivity contribution in [2.75, 3.05) is 6.61 Å². The van der Waals surface area contributed by atoms with Crippen molar-refractivity contribution in [1.29, 1.82) is 0 Å². The predicted molar refractivity (Wildman–Crippen MR) is 128 cm³/mol. The number of allylic oxidation sites excluding steroid dienone is 4. The molecular weight excluding hydrogens is 364 g/mol. The van der Waals surface area contributed by atoms with Crippen molar-refractivity contribution in [1.82, 2.24) is 0 Å². The summed E-state index contributed by atoms with van der Waals surface area (Å²) in [5, 5.41) is 9.43. The molecule has 0 spiro atoms. The molecule has 1 unspecified atom stereocenters. The highest BCUT2D eigenvalue weighted by molar-refractivity contribution is 5.30. The zero-order valence-electron chi connectivity index (χ0n) is 20.5. The van der Waals surface area contributed by atoms with E-state index in [2.05, 4.69) is 52.8 Å². The fourth-order valence-electron chi connectivity index (χ4n) is 8.71. The quantitative estimate of drug-likeness (QED) is 0.441. The second kappa shape index (κ2) is 8.76. The van der Waals surface area contributed by atoms with Gasteiger partial charge in [0.2, 0.25) is 0 Å². The number of hydrogen-bond donors (Lipinski definition) is 1. The summed E-state index contributed by atoms with van der Waals surface area (Å²) in [5.41, 5.74) is 2.93. The molecule has 4 rings (SSSR count). The third-order valence-electron chi connectivity index (χ3n) is 10.7. The molecule has 1 heteroatoms. The van der Waals surface area contributed by atoms with Gasteiger partial charge in [-0.3, -0.25) is 0 Å². The summed E-state index contributed by atoms with van der Waals surface area (Å²) >= 11 is 0. The summed E-state index contributed by atoms with van der Waals surface area (Å²) in [5.74, 6) is 5.35. The molecule has 0 aromatic rings. The Bertz CT molecular complexity index is 659. The molecule has 0 aromatic heterocycles. The van der Waals surface area contributed by atoms with Crippen LogP contribution in [-0.4, -0.2) is 11.7 Å². The van der Waals surface area contributed by atoms with Crippen molar-refractivity contribution in [3.05, 3.63) is 23.8 Å². The van der Waals surface area contributed by atoms with Crippen molar-refractivity contribution in [2.45, 2.75) is 98.8 Å². The Morgan fingerprint density at radius 1 is 1.03 bits per heavy atom. The minimum Gasteiger partial charge on any atom is -0.396 e. The van der Waals surface area contributed by atoms with E-state index in [4.69, 9.17) is 0 Å². The Morgan fingerprint density at radius 3 is 2.57 bits per heavy atom. The SMILES string of the molecule is CC(C)[C@@H](C=C[C@@H](C)[C@H]1CC=C2[C@@H]3CCC4CCCC[C@]4(C)[C@H]3CC[C@@]21C)CCO. The van der Waals surface area contributed by atoms with E-state index in [9.17, 15) is 5.11 Å². The van der Waals surface area contributed by atoms with Crippen LogP contribution < -0.4 is 0 Å². The molecule has 1 nitrogen and oxygen atoms in total. The summed E-state index contributed by atoms with van der Waals surface area (Å²) < 4.78 is 0. The molecule has 0 aromatic carbocycles. The normalized spacial score (nSPS) is 43.1. The Balaban J connectivity index is 1.49. The lowest BCUT2D eigenvalue weighted by Gasteiger charge is -2.59. The van der Waals surface area contributed by atoms with E-state index in [1.807, 2.05) is 5.57 Å². The fourth-order valence-corrected chi connectivity index (χ4v) is 8.71. The first-order valence-corrected chi connectivity index (χ1v) is 13.3. The topological polar surface area (TPSA) is 20.2 Å². The average molecular weight is 413 g/mol. The molecule has 4 aliphatic rings. The summed E-state index contributed by atoms with van der Waals surface area (Å²) in [4.78, 5) is 0. The zero-order valence-corrected chi connectivity index (χ0v) is 20.5. The molecule has 0 radical (unpaired) electrons. The van der Waals surface area contributed by atoms with E-state index >= 15 is 0 Å². The first kappa shape index (κ1) is 22.6. The van der Waals surface area contributed by atoms with Crippen LogP contribution in [0.3, 0.4) is 0 Å². The average Bonchev–Trinajstić information content (AvgIpc) is 3.07. The second-order valence-electron chi connectivity index (χ2n) is 12.4. The number of fused-ring (bicyclic) bond motifs is 5. The van der Waals surface area contributed by atoms with Crippen molar-refractivity contribution in [3.63, 3.8) is 0 Å². The molecule has 30 heavy (non-hydrogen) atoms. The van der Waals surface area contributed by atoms with Gasteiger partial charge in [0, 0.05) is 6.61 Å². The van der Waals surface area contributed by atoms with Gasteiger partial charge in [-0.25, -0.2) is 0 Å². The summed E-state index contributed by atoms with van der Waals surface area (Å²) in [7, 11) is 0. The molecular formula is C29H48O. The summed E-state index contributed by atoms with van der Waals surface area (Å²) in [6, 6.07) is 0. The number of aliphatic hydroxyl groups is 1. The van der Waals surface area contributed by atoms with Crippen molar-refractivity contribution in [3.8, 4) is 0 Å². The number of rotatable bonds is 6. The van der Waals surface area contributed by atoms with E-state index < -0.39 is 0 Å². The zero-order chi connectivity index (χ0) is 21.5. The first-order chi connectivity index (χ1) is 14.3. The Kier molecular flexibility index (Phi) is 6.61. The Labute approximate surface area is 186 Å². The van der Waals surface area contributed by atoms with E-state index in [0.29, 0.717) is 35.2 Å². The lowest BCUT2D eigenvalue weighted by molar-refractivity contribution is -0.0572. The minimum atomic E-state index is 0.303. The maximum absolute atomic E-state index is 9.43. The fraction of sp³-hybridized carbons (Fsp3) is 0.862. The van der Waals surface area contributed by atoms with Crippen LogP contribution in [0.15, 0.2) is 23.8 Å². The van der Waals surface area contributed by atoms with E-state index in [1.54, 1.807) is 0 Å². The van der Waals surface area contributed by atoms with Gasteiger partial charge in [-0.1, -0.05) is 71.3 Å². The maximum atomic E-state index is 9.43. The van der Waals surface area contributed by atoms with Crippen LogP contribution in [-0.2, 0) is 0 Å². The molecule has 170 valence electrons. The summed E-state index contributed by atoms with van der Waals surface area (Å²) in [6.45, 7) is 12.6. The lowest BCUT2D eigenvalue weighted by Crippen LogP contribution is -2.50.